The number of anilines is 2. The molecular formula is C28H33N7O. The Hall–Kier alpha value is -3.25. The molecule has 186 valence electrons. The molecule has 2 fully saturated rings. The molecule has 0 radical (unpaired) electrons. The van der Waals surface area contributed by atoms with Gasteiger partial charge >= 0.3 is 0 Å². The Bertz CT molecular complexity index is 1280. The lowest BCUT2D eigenvalue weighted by Gasteiger charge is -2.42. The third kappa shape index (κ3) is 4.62. The number of benzene rings is 1. The average Bonchev–Trinajstić information content (AvgIpc) is 2.92. The van der Waals surface area contributed by atoms with Gasteiger partial charge in [0.15, 0.2) is 0 Å². The van der Waals surface area contributed by atoms with Crippen LogP contribution in [0.5, 0.6) is 0 Å². The molecule has 0 saturated carbocycles. The fourth-order valence-corrected chi connectivity index (χ4v) is 5.82. The highest BCUT2D eigenvalue weighted by Gasteiger charge is 2.29. The topological polar surface area (TPSA) is 80.6 Å². The lowest BCUT2D eigenvalue weighted by Crippen LogP contribution is -2.54. The third-order valence-electron chi connectivity index (χ3n) is 7.61. The van der Waals surface area contributed by atoms with Gasteiger partial charge in [-0.15, -0.1) is 0 Å². The Labute approximate surface area is 212 Å². The van der Waals surface area contributed by atoms with Gasteiger partial charge in [0.25, 0.3) is 0 Å². The average molecular weight is 484 g/mol. The molecule has 3 aliphatic rings. The molecule has 1 N–H and O–H groups in total. The zero-order valence-electron chi connectivity index (χ0n) is 20.9. The summed E-state index contributed by atoms with van der Waals surface area (Å²) in [6.45, 7) is 10.6. The minimum Gasteiger partial charge on any atom is -0.370 e. The smallest absolute Gasteiger partial charge is 0.128 e. The van der Waals surface area contributed by atoms with Gasteiger partial charge in [-0.3, -0.25) is 9.88 Å². The van der Waals surface area contributed by atoms with Crippen LogP contribution in [0.1, 0.15) is 23.7 Å². The van der Waals surface area contributed by atoms with Gasteiger partial charge in [-0.05, 0) is 55.8 Å². The van der Waals surface area contributed by atoms with Crippen molar-refractivity contribution in [2.45, 2.75) is 32.1 Å². The normalized spacial score (nSPS) is 22.9. The minimum absolute atomic E-state index is 0.135. The fourth-order valence-electron chi connectivity index (χ4n) is 5.82. The van der Waals surface area contributed by atoms with E-state index in [4.69, 9.17) is 9.72 Å². The van der Waals surface area contributed by atoms with Crippen molar-refractivity contribution in [3.63, 3.8) is 0 Å². The number of ether oxygens (including phenoxy) is 1. The van der Waals surface area contributed by atoms with Crippen LogP contribution in [0.2, 0.25) is 0 Å². The highest BCUT2D eigenvalue weighted by atomic mass is 16.5. The zero-order chi connectivity index (χ0) is 24.5. The first-order valence-corrected chi connectivity index (χ1v) is 13.0. The van der Waals surface area contributed by atoms with Crippen molar-refractivity contribution in [3.8, 4) is 6.07 Å². The van der Waals surface area contributed by atoms with E-state index in [9.17, 15) is 5.26 Å². The van der Waals surface area contributed by atoms with Gasteiger partial charge in [0.2, 0.25) is 0 Å². The largest absolute Gasteiger partial charge is 0.370 e. The number of pyridine rings is 2. The van der Waals surface area contributed by atoms with E-state index in [1.54, 1.807) is 6.20 Å². The standard InChI is InChI=1S/C28H33N7O/c1-20-17-35(26-6-4-22(15-29)28-24(26)3-2-9-31-28)19-23(36-20)18-33-11-13-34(14-12-33)27-7-5-21-8-10-30-16-25(21)32-27/h2-7,9,20,23,30H,8,10-14,16-19H2,1H3. The van der Waals surface area contributed by atoms with Crippen LogP contribution in [0, 0.1) is 11.3 Å². The van der Waals surface area contributed by atoms with E-state index in [1.165, 1.54) is 11.3 Å². The highest BCUT2D eigenvalue weighted by Crippen LogP contribution is 2.30. The SMILES string of the molecule is CC1CN(c2ccc(C#N)c3ncccc23)CC(CN2CCN(c3ccc4c(n3)CNCC4)CC2)O1. The van der Waals surface area contributed by atoms with Crippen molar-refractivity contribution in [3.05, 3.63) is 59.4 Å². The molecule has 2 aromatic heterocycles. The van der Waals surface area contributed by atoms with Crippen molar-refractivity contribution < 1.29 is 4.74 Å². The second-order valence-corrected chi connectivity index (χ2v) is 10.1. The van der Waals surface area contributed by atoms with E-state index in [-0.39, 0.29) is 12.2 Å². The van der Waals surface area contributed by atoms with Crippen LogP contribution in [0.3, 0.4) is 0 Å². The van der Waals surface area contributed by atoms with Gasteiger partial charge in [0, 0.05) is 69.6 Å². The molecular weight excluding hydrogens is 450 g/mol. The number of nitrogens with zero attached hydrogens (tertiary/aromatic N) is 6. The molecule has 1 aromatic carbocycles. The second kappa shape index (κ2) is 10.0. The van der Waals surface area contributed by atoms with Gasteiger partial charge in [0.1, 0.15) is 11.9 Å². The van der Waals surface area contributed by atoms with Crippen LogP contribution in [0.4, 0.5) is 11.5 Å². The molecule has 36 heavy (non-hydrogen) atoms. The number of rotatable bonds is 4. The van der Waals surface area contributed by atoms with E-state index in [0.717, 1.165) is 87.7 Å². The van der Waals surface area contributed by atoms with Crippen LogP contribution >= 0.6 is 0 Å². The molecule has 0 bridgehead atoms. The number of aromatic nitrogens is 2. The summed E-state index contributed by atoms with van der Waals surface area (Å²) >= 11 is 0. The number of fused-ring (bicyclic) bond motifs is 2. The van der Waals surface area contributed by atoms with Crippen molar-refractivity contribution in [2.24, 2.45) is 0 Å². The van der Waals surface area contributed by atoms with Crippen molar-refractivity contribution in [2.75, 3.05) is 62.2 Å². The summed E-state index contributed by atoms with van der Waals surface area (Å²) in [6, 6.07) is 14.7. The number of hydrogen-bond donors (Lipinski definition) is 1. The number of nitriles is 1. The first-order valence-electron chi connectivity index (χ1n) is 13.0. The van der Waals surface area contributed by atoms with E-state index in [2.05, 4.69) is 62.3 Å². The van der Waals surface area contributed by atoms with Crippen molar-refractivity contribution >= 4 is 22.4 Å². The Morgan fingerprint density at radius 2 is 1.97 bits per heavy atom. The number of piperazine rings is 1. The molecule has 8 nitrogen and oxygen atoms in total. The van der Waals surface area contributed by atoms with Crippen molar-refractivity contribution in [1.82, 2.24) is 20.2 Å². The first kappa shape index (κ1) is 23.2. The van der Waals surface area contributed by atoms with Gasteiger partial charge in [-0.2, -0.15) is 5.26 Å². The van der Waals surface area contributed by atoms with Crippen LogP contribution in [0.25, 0.3) is 10.9 Å². The van der Waals surface area contributed by atoms with E-state index in [0.29, 0.717) is 5.56 Å². The number of morpholine rings is 1. The maximum Gasteiger partial charge on any atom is 0.128 e. The maximum atomic E-state index is 9.51. The summed E-state index contributed by atoms with van der Waals surface area (Å²) < 4.78 is 6.39. The molecule has 8 heteroatoms. The lowest BCUT2D eigenvalue weighted by atomic mass is 10.1. The summed E-state index contributed by atoms with van der Waals surface area (Å²) in [4.78, 5) is 16.8. The molecule has 6 rings (SSSR count). The van der Waals surface area contributed by atoms with Crippen molar-refractivity contribution in [1.29, 1.82) is 5.26 Å². The number of hydrogen-bond acceptors (Lipinski definition) is 8. The van der Waals surface area contributed by atoms with Crippen LogP contribution in [-0.4, -0.2) is 79.4 Å². The predicted octanol–water partition coefficient (Wildman–Crippen LogP) is 2.56. The summed E-state index contributed by atoms with van der Waals surface area (Å²) in [5, 5.41) is 14.0. The summed E-state index contributed by atoms with van der Waals surface area (Å²) in [5.74, 6) is 1.10. The third-order valence-corrected chi connectivity index (χ3v) is 7.61. The molecule has 3 aliphatic heterocycles. The Balaban J connectivity index is 1.11. The molecule has 2 saturated heterocycles. The zero-order valence-corrected chi connectivity index (χ0v) is 20.9. The fraction of sp³-hybridized carbons (Fsp3) is 0.464. The molecule has 0 amide bonds. The summed E-state index contributed by atoms with van der Waals surface area (Å²) in [7, 11) is 0. The quantitative estimate of drug-likeness (QED) is 0.607. The Kier molecular flexibility index (Phi) is 6.45. The molecule has 0 aliphatic carbocycles. The molecule has 2 unspecified atom stereocenters. The predicted molar refractivity (Wildman–Crippen MR) is 141 cm³/mol. The summed E-state index contributed by atoms with van der Waals surface area (Å²) in [6.07, 6.45) is 3.10. The van der Waals surface area contributed by atoms with Gasteiger partial charge in [-0.1, -0.05) is 6.07 Å². The molecule has 5 heterocycles. The van der Waals surface area contributed by atoms with E-state index in [1.807, 2.05) is 12.1 Å². The van der Waals surface area contributed by atoms with E-state index >= 15 is 0 Å². The second-order valence-electron chi connectivity index (χ2n) is 10.1. The van der Waals surface area contributed by atoms with E-state index < -0.39 is 0 Å². The van der Waals surface area contributed by atoms with Gasteiger partial charge in [0.05, 0.1) is 29.0 Å². The lowest BCUT2D eigenvalue weighted by molar-refractivity contribution is -0.0327. The molecule has 3 aromatic rings. The highest BCUT2D eigenvalue weighted by molar-refractivity contribution is 5.95. The van der Waals surface area contributed by atoms with Crippen LogP contribution in [0.15, 0.2) is 42.6 Å². The van der Waals surface area contributed by atoms with Crippen LogP contribution < -0.4 is 15.1 Å². The Morgan fingerprint density at radius 3 is 2.83 bits per heavy atom. The monoisotopic (exact) mass is 483 g/mol. The first-order chi connectivity index (χ1) is 17.7. The minimum atomic E-state index is 0.135. The summed E-state index contributed by atoms with van der Waals surface area (Å²) in [5.41, 5.74) is 5.12. The van der Waals surface area contributed by atoms with Gasteiger partial charge < -0.3 is 19.9 Å². The number of nitrogens with one attached hydrogen (secondary N) is 1. The van der Waals surface area contributed by atoms with Crippen LogP contribution in [-0.2, 0) is 17.7 Å². The molecule has 2 atom stereocenters. The maximum absolute atomic E-state index is 9.51. The Morgan fingerprint density at radius 1 is 1.08 bits per heavy atom. The van der Waals surface area contributed by atoms with Gasteiger partial charge in [-0.25, -0.2) is 4.98 Å². The molecule has 0 spiro atoms.